The number of ether oxygens (including phenoxy) is 1. The number of hydrogen-bond donors (Lipinski definition) is 1. The van der Waals surface area contributed by atoms with Crippen molar-refractivity contribution in [2.24, 2.45) is 0 Å². The number of para-hydroxylation sites is 1. The molecular weight excluding hydrogens is 416 g/mol. The Hall–Kier alpha value is -2.64. The number of aryl methyl sites for hydroxylation is 1. The van der Waals surface area contributed by atoms with Crippen LogP contribution in [0.3, 0.4) is 0 Å². The smallest absolute Gasteiger partial charge is 0.266 e. The second-order valence-electron chi connectivity index (χ2n) is 7.27. The zero-order chi connectivity index (χ0) is 21.8. The minimum atomic E-state index is -0.246. The summed E-state index contributed by atoms with van der Waals surface area (Å²) in [4.78, 5) is 27.2. The fourth-order valence-electron chi connectivity index (χ4n) is 3.01. The monoisotopic (exact) mass is 440 g/mol. The molecule has 1 saturated heterocycles. The highest BCUT2D eigenvalue weighted by Gasteiger charge is 2.33. The number of benzene rings is 2. The van der Waals surface area contributed by atoms with Crippen molar-refractivity contribution in [3.63, 3.8) is 0 Å². The zero-order valence-corrected chi connectivity index (χ0v) is 19.0. The second-order valence-corrected chi connectivity index (χ2v) is 8.94. The fourth-order valence-corrected chi connectivity index (χ4v) is 4.53. The molecule has 3 rings (SSSR count). The van der Waals surface area contributed by atoms with Crippen molar-refractivity contribution in [3.8, 4) is 5.75 Å². The van der Waals surface area contributed by atoms with Crippen molar-refractivity contribution in [3.05, 3.63) is 64.1 Å². The number of amides is 2. The molecule has 156 valence electrons. The van der Waals surface area contributed by atoms with Crippen LogP contribution in [0.4, 0.5) is 5.69 Å². The van der Waals surface area contributed by atoms with Gasteiger partial charge in [0.25, 0.3) is 11.8 Å². The number of thiocarbonyl (C=S) groups is 1. The Morgan fingerprint density at radius 3 is 2.63 bits per heavy atom. The molecule has 1 heterocycles. The predicted molar refractivity (Wildman–Crippen MR) is 127 cm³/mol. The van der Waals surface area contributed by atoms with E-state index in [1.54, 1.807) is 17.0 Å². The van der Waals surface area contributed by atoms with E-state index in [1.165, 1.54) is 11.8 Å². The van der Waals surface area contributed by atoms with Crippen molar-refractivity contribution in [2.45, 2.75) is 33.7 Å². The van der Waals surface area contributed by atoms with E-state index in [0.717, 1.165) is 22.4 Å². The molecule has 0 saturated carbocycles. The van der Waals surface area contributed by atoms with Crippen LogP contribution >= 0.6 is 24.0 Å². The maximum atomic E-state index is 12.6. The molecule has 1 aliphatic rings. The van der Waals surface area contributed by atoms with Crippen molar-refractivity contribution in [1.82, 2.24) is 4.90 Å². The molecular formula is C23H24N2O3S2. The van der Waals surface area contributed by atoms with Crippen LogP contribution in [0.2, 0.25) is 0 Å². The summed E-state index contributed by atoms with van der Waals surface area (Å²) >= 11 is 6.61. The van der Waals surface area contributed by atoms with Gasteiger partial charge in [-0.25, -0.2) is 0 Å². The van der Waals surface area contributed by atoms with Crippen molar-refractivity contribution < 1.29 is 14.3 Å². The first-order valence-electron chi connectivity index (χ1n) is 9.63. The molecule has 30 heavy (non-hydrogen) atoms. The summed E-state index contributed by atoms with van der Waals surface area (Å²) in [6.07, 6.45) is 1.76. The topological polar surface area (TPSA) is 58.6 Å². The van der Waals surface area contributed by atoms with Gasteiger partial charge in [-0.2, -0.15) is 0 Å². The summed E-state index contributed by atoms with van der Waals surface area (Å²) in [5.74, 6) is 0.176. The molecule has 1 N–H and O–H groups in total. The van der Waals surface area contributed by atoms with Gasteiger partial charge < -0.3 is 10.1 Å². The largest absolute Gasteiger partial charge is 0.483 e. The molecule has 0 bridgehead atoms. The molecule has 5 nitrogen and oxygen atoms in total. The van der Waals surface area contributed by atoms with Gasteiger partial charge in [-0.15, -0.1) is 0 Å². The van der Waals surface area contributed by atoms with Crippen LogP contribution in [-0.2, 0) is 9.59 Å². The van der Waals surface area contributed by atoms with E-state index in [0.29, 0.717) is 15.0 Å². The van der Waals surface area contributed by atoms with Crippen LogP contribution in [0.1, 0.15) is 30.5 Å². The van der Waals surface area contributed by atoms with E-state index >= 15 is 0 Å². The van der Waals surface area contributed by atoms with Gasteiger partial charge in [-0.05, 0) is 57.0 Å². The Morgan fingerprint density at radius 2 is 1.93 bits per heavy atom. The lowest BCUT2D eigenvalue weighted by Gasteiger charge is -2.18. The lowest BCUT2D eigenvalue weighted by Crippen LogP contribution is -2.34. The minimum absolute atomic E-state index is 0.00340. The molecule has 1 aliphatic heterocycles. The number of thioether (sulfide) groups is 1. The summed E-state index contributed by atoms with van der Waals surface area (Å²) in [5.41, 5.74) is 3.63. The van der Waals surface area contributed by atoms with Crippen LogP contribution in [0.15, 0.2) is 47.4 Å². The summed E-state index contributed by atoms with van der Waals surface area (Å²) in [5, 5.41) is 2.88. The Morgan fingerprint density at radius 1 is 1.20 bits per heavy atom. The average molecular weight is 441 g/mol. The molecule has 0 radical (unpaired) electrons. The predicted octanol–water partition coefficient (Wildman–Crippen LogP) is 4.93. The molecule has 1 fully saturated rings. The van der Waals surface area contributed by atoms with Crippen LogP contribution in [0.5, 0.6) is 5.75 Å². The van der Waals surface area contributed by atoms with Gasteiger partial charge in [0.15, 0.2) is 6.61 Å². The highest BCUT2D eigenvalue weighted by Crippen LogP contribution is 2.35. The van der Waals surface area contributed by atoms with Crippen LogP contribution in [-0.4, -0.2) is 33.7 Å². The number of hydrogen-bond acceptors (Lipinski definition) is 5. The summed E-state index contributed by atoms with van der Waals surface area (Å²) in [7, 11) is 0. The van der Waals surface area contributed by atoms with Gasteiger partial charge in [-0.3, -0.25) is 14.5 Å². The average Bonchev–Trinajstić information content (AvgIpc) is 2.98. The number of anilines is 1. The first kappa shape index (κ1) is 22.1. The third-order valence-electron chi connectivity index (χ3n) is 4.78. The maximum Gasteiger partial charge on any atom is 0.266 e. The van der Waals surface area contributed by atoms with Crippen molar-refractivity contribution in [1.29, 1.82) is 0 Å². The number of nitrogens with one attached hydrogen (secondary N) is 1. The number of rotatable bonds is 6. The van der Waals surface area contributed by atoms with E-state index in [2.05, 4.69) is 5.32 Å². The van der Waals surface area contributed by atoms with E-state index in [1.807, 2.05) is 64.1 Å². The van der Waals surface area contributed by atoms with E-state index in [4.69, 9.17) is 17.0 Å². The van der Waals surface area contributed by atoms with Gasteiger partial charge in [0.05, 0.1) is 4.91 Å². The molecule has 0 spiro atoms. The molecule has 2 aromatic carbocycles. The Kier molecular flexibility index (Phi) is 6.95. The number of nitrogens with zero attached hydrogens (tertiary/aromatic N) is 1. The van der Waals surface area contributed by atoms with Gasteiger partial charge in [0.1, 0.15) is 10.1 Å². The van der Waals surface area contributed by atoms with Crippen LogP contribution in [0, 0.1) is 13.8 Å². The van der Waals surface area contributed by atoms with Crippen molar-refractivity contribution in [2.75, 3.05) is 11.9 Å². The van der Waals surface area contributed by atoms with E-state index in [-0.39, 0.29) is 24.5 Å². The van der Waals surface area contributed by atoms with Crippen LogP contribution < -0.4 is 10.1 Å². The fraction of sp³-hybridized carbons (Fsp3) is 0.261. The van der Waals surface area contributed by atoms with Gasteiger partial charge >= 0.3 is 0 Å². The molecule has 0 atom stereocenters. The first-order chi connectivity index (χ1) is 14.3. The lowest BCUT2D eigenvalue weighted by molar-refractivity contribution is -0.123. The highest BCUT2D eigenvalue weighted by atomic mass is 32.2. The zero-order valence-electron chi connectivity index (χ0n) is 17.4. The second kappa shape index (κ2) is 9.45. The van der Waals surface area contributed by atoms with E-state index in [9.17, 15) is 9.59 Å². The third-order valence-corrected chi connectivity index (χ3v) is 6.11. The highest BCUT2D eigenvalue weighted by molar-refractivity contribution is 8.26. The summed E-state index contributed by atoms with van der Waals surface area (Å²) in [6.45, 7) is 7.69. The maximum absolute atomic E-state index is 12.6. The minimum Gasteiger partial charge on any atom is -0.483 e. The Bertz CT molecular complexity index is 1030. The Balaban J connectivity index is 1.72. The standard InChI is InChI=1S/C23H24N2O3S2/c1-14(2)25-22(27)20(30-23(25)29)12-17-9-5-6-11-19(17)28-13-21(26)24-18-10-7-8-15(3)16(18)4/h5-12,14H,13H2,1-4H3,(H,24,26)/b20-12-. The van der Waals surface area contributed by atoms with Gasteiger partial charge in [0, 0.05) is 17.3 Å². The number of carbonyl (C=O) groups excluding carboxylic acids is 2. The lowest BCUT2D eigenvalue weighted by atomic mass is 10.1. The SMILES string of the molecule is Cc1cccc(NC(=O)COc2ccccc2/C=C2\SC(=S)N(C(C)C)C2=O)c1C. The van der Waals surface area contributed by atoms with Gasteiger partial charge in [0.2, 0.25) is 0 Å². The molecule has 2 aromatic rings. The molecule has 0 aromatic heterocycles. The Labute approximate surface area is 186 Å². The van der Waals surface area contributed by atoms with E-state index < -0.39 is 0 Å². The first-order valence-corrected chi connectivity index (χ1v) is 10.9. The molecule has 0 aliphatic carbocycles. The summed E-state index contributed by atoms with van der Waals surface area (Å²) in [6, 6.07) is 13.1. The third kappa shape index (κ3) is 4.91. The molecule has 0 unspecified atom stereocenters. The van der Waals surface area contributed by atoms with Gasteiger partial charge in [-0.1, -0.05) is 54.3 Å². The normalized spacial score (nSPS) is 15.2. The number of carbonyl (C=O) groups is 2. The molecule has 2 amide bonds. The summed E-state index contributed by atoms with van der Waals surface area (Å²) < 4.78 is 6.31. The quantitative estimate of drug-likeness (QED) is 0.510. The molecule has 7 heteroatoms. The van der Waals surface area contributed by atoms with Crippen molar-refractivity contribution >= 4 is 51.9 Å². The van der Waals surface area contributed by atoms with Crippen LogP contribution in [0.25, 0.3) is 6.08 Å².